The molecule has 1 N–H and O–H groups in total. The summed E-state index contributed by atoms with van der Waals surface area (Å²) in [6.07, 6.45) is -2.28. The Morgan fingerprint density at radius 2 is 1.89 bits per heavy atom. The Bertz CT molecular complexity index is 794. The SMILES string of the molecule is CC(C)N1CCC(NC(=O)Cc2csc(-c3ccc(C(F)(F)F)cc3)n2)CC1. The summed E-state index contributed by atoms with van der Waals surface area (Å²) in [5.41, 5.74) is 0.568. The van der Waals surface area contributed by atoms with Crippen LogP contribution in [0.25, 0.3) is 10.6 Å². The number of halogens is 3. The third-order valence-electron chi connectivity index (χ3n) is 4.98. The number of amides is 1. The van der Waals surface area contributed by atoms with Gasteiger partial charge in [0, 0.05) is 36.1 Å². The molecule has 4 nitrogen and oxygen atoms in total. The van der Waals surface area contributed by atoms with Crippen LogP contribution in [0.3, 0.4) is 0 Å². The summed E-state index contributed by atoms with van der Waals surface area (Å²) in [7, 11) is 0. The van der Waals surface area contributed by atoms with Gasteiger partial charge in [0.05, 0.1) is 17.7 Å². The second-order valence-electron chi connectivity index (χ2n) is 7.37. The van der Waals surface area contributed by atoms with Crippen molar-refractivity contribution in [2.75, 3.05) is 13.1 Å². The van der Waals surface area contributed by atoms with Gasteiger partial charge in [0.1, 0.15) is 5.01 Å². The van der Waals surface area contributed by atoms with Gasteiger partial charge in [-0.1, -0.05) is 12.1 Å². The van der Waals surface area contributed by atoms with E-state index < -0.39 is 11.7 Å². The van der Waals surface area contributed by atoms with E-state index in [0.29, 0.717) is 22.3 Å². The quantitative estimate of drug-likeness (QED) is 0.795. The summed E-state index contributed by atoms with van der Waals surface area (Å²) in [4.78, 5) is 19.1. The molecule has 1 aromatic carbocycles. The van der Waals surface area contributed by atoms with Crippen LogP contribution < -0.4 is 5.32 Å². The van der Waals surface area contributed by atoms with E-state index in [4.69, 9.17) is 0 Å². The van der Waals surface area contributed by atoms with Crippen molar-refractivity contribution in [3.63, 3.8) is 0 Å². The van der Waals surface area contributed by atoms with Gasteiger partial charge in [0.2, 0.25) is 5.91 Å². The predicted molar refractivity (Wildman–Crippen MR) is 104 cm³/mol. The molecule has 28 heavy (non-hydrogen) atoms. The number of aromatic nitrogens is 1. The Labute approximate surface area is 166 Å². The van der Waals surface area contributed by atoms with E-state index in [2.05, 4.69) is 29.0 Å². The van der Waals surface area contributed by atoms with Crippen LogP contribution in [0.15, 0.2) is 29.6 Å². The molecule has 0 bridgehead atoms. The van der Waals surface area contributed by atoms with Gasteiger partial charge < -0.3 is 10.2 Å². The second kappa shape index (κ2) is 8.61. The normalized spacial score (nSPS) is 16.5. The number of benzene rings is 1. The molecule has 2 heterocycles. The van der Waals surface area contributed by atoms with Crippen LogP contribution in [0.2, 0.25) is 0 Å². The fraction of sp³-hybridized carbons (Fsp3) is 0.500. The van der Waals surface area contributed by atoms with Gasteiger partial charge in [-0.3, -0.25) is 4.79 Å². The first-order valence-corrected chi connectivity index (χ1v) is 10.3. The molecule has 0 aliphatic carbocycles. The summed E-state index contributed by atoms with van der Waals surface area (Å²) >= 11 is 1.33. The van der Waals surface area contributed by atoms with Crippen LogP contribution in [0.1, 0.15) is 37.9 Å². The lowest BCUT2D eigenvalue weighted by atomic mass is 10.0. The van der Waals surface area contributed by atoms with Crippen molar-refractivity contribution in [3.8, 4) is 10.6 Å². The Morgan fingerprint density at radius 3 is 2.46 bits per heavy atom. The molecule has 1 aliphatic heterocycles. The molecule has 8 heteroatoms. The van der Waals surface area contributed by atoms with E-state index in [0.717, 1.165) is 38.1 Å². The average Bonchev–Trinajstić information content (AvgIpc) is 3.10. The second-order valence-corrected chi connectivity index (χ2v) is 8.23. The molecule has 0 unspecified atom stereocenters. The molecule has 0 spiro atoms. The zero-order valence-corrected chi connectivity index (χ0v) is 16.7. The Hall–Kier alpha value is -1.93. The lowest BCUT2D eigenvalue weighted by molar-refractivity contribution is -0.137. The molecule has 1 fully saturated rings. The van der Waals surface area contributed by atoms with Gasteiger partial charge in [-0.15, -0.1) is 11.3 Å². The van der Waals surface area contributed by atoms with Crippen LogP contribution >= 0.6 is 11.3 Å². The minimum atomic E-state index is -4.35. The van der Waals surface area contributed by atoms with Crippen molar-refractivity contribution < 1.29 is 18.0 Å². The van der Waals surface area contributed by atoms with Crippen molar-refractivity contribution >= 4 is 17.2 Å². The molecule has 1 amide bonds. The summed E-state index contributed by atoms with van der Waals surface area (Å²) in [6.45, 7) is 6.32. The van der Waals surface area contributed by atoms with E-state index in [-0.39, 0.29) is 18.4 Å². The maximum absolute atomic E-state index is 12.7. The van der Waals surface area contributed by atoms with Crippen LogP contribution in [0.4, 0.5) is 13.2 Å². The first kappa shape index (κ1) is 20.8. The van der Waals surface area contributed by atoms with Crippen LogP contribution in [0, 0.1) is 0 Å². The number of rotatable bonds is 5. The maximum atomic E-state index is 12.7. The lowest BCUT2D eigenvalue weighted by Crippen LogP contribution is -2.46. The summed E-state index contributed by atoms with van der Waals surface area (Å²) in [5, 5.41) is 5.47. The average molecular weight is 411 g/mol. The largest absolute Gasteiger partial charge is 0.416 e. The number of thiazole rings is 1. The van der Waals surface area contributed by atoms with Gasteiger partial charge in [0.15, 0.2) is 0 Å². The molecule has 0 saturated carbocycles. The molecule has 2 aromatic rings. The Balaban J connectivity index is 1.54. The van der Waals surface area contributed by atoms with Gasteiger partial charge in [-0.2, -0.15) is 13.2 Å². The summed E-state index contributed by atoms with van der Waals surface area (Å²) < 4.78 is 38.0. The molecular formula is C20H24F3N3OS. The standard InChI is InChI=1S/C20H24F3N3OS/c1-13(2)26-9-7-16(8-10-26)24-18(27)11-17-12-28-19(25-17)14-3-5-15(6-4-14)20(21,22)23/h3-6,12-13,16H,7-11H2,1-2H3,(H,24,27). The molecule has 1 aromatic heterocycles. The number of carbonyl (C=O) groups is 1. The highest BCUT2D eigenvalue weighted by atomic mass is 32.1. The van der Waals surface area contributed by atoms with Crippen LogP contribution in [-0.4, -0.2) is 41.0 Å². The number of alkyl halides is 3. The molecular weight excluding hydrogens is 387 g/mol. The molecule has 1 aliphatic rings. The maximum Gasteiger partial charge on any atom is 0.416 e. The van der Waals surface area contributed by atoms with Crippen molar-refractivity contribution in [2.45, 2.75) is 51.4 Å². The topological polar surface area (TPSA) is 45.2 Å². The van der Waals surface area contributed by atoms with Gasteiger partial charge in [-0.05, 0) is 38.8 Å². The molecule has 1 saturated heterocycles. The van der Waals surface area contributed by atoms with E-state index >= 15 is 0 Å². The van der Waals surface area contributed by atoms with Crippen molar-refractivity contribution in [3.05, 3.63) is 40.9 Å². The van der Waals surface area contributed by atoms with Crippen molar-refractivity contribution in [2.24, 2.45) is 0 Å². The summed E-state index contributed by atoms with van der Waals surface area (Å²) in [6, 6.07) is 5.63. The number of nitrogens with one attached hydrogen (secondary N) is 1. The highest BCUT2D eigenvalue weighted by Gasteiger charge is 2.30. The third kappa shape index (κ3) is 5.32. The van der Waals surface area contributed by atoms with Crippen LogP contribution in [-0.2, 0) is 17.4 Å². The Morgan fingerprint density at radius 1 is 1.25 bits per heavy atom. The number of likely N-dealkylation sites (tertiary alicyclic amines) is 1. The smallest absolute Gasteiger partial charge is 0.353 e. The Kier molecular flexibility index (Phi) is 6.40. The minimum Gasteiger partial charge on any atom is -0.353 e. The fourth-order valence-corrected chi connectivity index (χ4v) is 4.15. The summed E-state index contributed by atoms with van der Waals surface area (Å²) in [5.74, 6) is -0.0627. The van der Waals surface area contributed by atoms with E-state index in [1.54, 1.807) is 5.38 Å². The zero-order chi connectivity index (χ0) is 20.3. The minimum absolute atomic E-state index is 0.0627. The number of nitrogens with zero attached hydrogens (tertiary/aromatic N) is 2. The van der Waals surface area contributed by atoms with Gasteiger partial charge >= 0.3 is 6.18 Å². The molecule has 0 atom stereocenters. The van der Waals surface area contributed by atoms with E-state index in [1.165, 1.54) is 23.5 Å². The third-order valence-corrected chi connectivity index (χ3v) is 5.92. The fourth-order valence-electron chi connectivity index (χ4n) is 3.33. The molecule has 0 radical (unpaired) electrons. The van der Waals surface area contributed by atoms with Crippen molar-refractivity contribution in [1.29, 1.82) is 0 Å². The highest BCUT2D eigenvalue weighted by molar-refractivity contribution is 7.13. The van der Waals surface area contributed by atoms with Gasteiger partial charge in [-0.25, -0.2) is 4.98 Å². The lowest BCUT2D eigenvalue weighted by Gasteiger charge is -2.34. The predicted octanol–water partition coefficient (Wildman–Crippen LogP) is 4.36. The van der Waals surface area contributed by atoms with Crippen LogP contribution in [0.5, 0.6) is 0 Å². The number of carbonyl (C=O) groups excluding carboxylic acids is 1. The van der Waals surface area contributed by atoms with Gasteiger partial charge in [0.25, 0.3) is 0 Å². The first-order chi connectivity index (χ1) is 13.2. The zero-order valence-electron chi connectivity index (χ0n) is 15.9. The van der Waals surface area contributed by atoms with Crippen molar-refractivity contribution in [1.82, 2.24) is 15.2 Å². The van der Waals surface area contributed by atoms with E-state index in [1.807, 2.05) is 0 Å². The highest BCUT2D eigenvalue weighted by Crippen LogP contribution is 2.31. The molecule has 3 rings (SSSR count). The first-order valence-electron chi connectivity index (χ1n) is 9.38. The van der Waals surface area contributed by atoms with E-state index in [9.17, 15) is 18.0 Å². The number of piperidine rings is 1. The molecule has 152 valence electrons. The monoisotopic (exact) mass is 411 g/mol. The number of hydrogen-bond acceptors (Lipinski definition) is 4. The number of hydrogen-bond donors (Lipinski definition) is 1.